The number of thioether (sulfide) groups is 1. The molecule has 1 aliphatic heterocycles. The van der Waals surface area contributed by atoms with Crippen molar-refractivity contribution in [2.24, 2.45) is 11.8 Å². The second-order valence-electron chi connectivity index (χ2n) is 16.7. The molecule has 3 unspecified atom stereocenters. The third kappa shape index (κ3) is 31.6. The van der Waals surface area contributed by atoms with Crippen LogP contribution in [0.3, 0.4) is 0 Å². The predicted octanol–water partition coefficient (Wildman–Crippen LogP) is 14.3. The van der Waals surface area contributed by atoms with Crippen molar-refractivity contribution in [3.8, 4) is 0 Å². The van der Waals surface area contributed by atoms with Crippen molar-refractivity contribution >= 4 is 23.0 Å². The fourth-order valence-electron chi connectivity index (χ4n) is 7.31. The number of rotatable bonds is 8. The summed E-state index contributed by atoms with van der Waals surface area (Å²) in [6.45, 7) is 9.24. The van der Waals surface area contributed by atoms with Crippen LogP contribution in [0, 0.1) is 11.8 Å². The van der Waals surface area contributed by atoms with Gasteiger partial charge in [-0.15, -0.1) is 0 Å². The second kappa shape index (κ2) is 36.4. The molecule has 0 bridgehead atoms. The van der Waals surface area contributed by atoms with Gasteiger partial charge in [-0.25, -0.2) is 0 Å². The molecule has 1 aliphatic rings. The Hall–Kier alpha value is -1.27. The third-order valence-corrected chi connectivity index (χ3v) is 12.6. The topological polar surface area (TPSA) is 49.9 Å². The molecule has 0 N–H and O–H groups in total. The lowest BCUT2D eigenvalue weighted by Crippen LogP contribution is -2.32. The van der Waals surface area contributed by atoms with Crippen LogP contribution < -0.4 is 0 Å². The number of allylic oxidation sites excluding steroid dienone is 4. The van der Waals surface area contributed by atoms with Crippen LogP contribution in [0.25, 0.3) is 0 Å². The van der Waals surface area contributed by atoms with Crippen molar-refractivity contribution in [3.63, 3.8) is 0 Å². The van der Waals surface area contributed by atoms with Gasteiger partial charge in [-0.2, -0.15) is 0 Å². The van der Waals surface area contributed by atoms with Crippen LogP contribution in [0.1, 0.15) is 207 Å². The number of cyclic esters (lactones) is 1. The van der Waals surface area contributed by atoms with Crippen LogP contribution in [-0.2, 0) is 9.53 Å². The molecule has 6 heteroatoms. The molecule has 0 aromatic carbocycles. The molecule has 0 aromatic heterocycles. The first-order chi connectivity index (χ1) is 25.8. The Labute approximate surface area is 334 Å². The van der Waals surface area contributed by atoms with E-state index in [1.165, 1.54) is 140 Å². The Bertz CT molecular complexity index is 906. The van der Waals surface area contributed by atoms with Crippen LogP contribution in [0.4, 0.5) is 4.79 Å². The van der Waals surface area contributed by atoms with Gasteiger partial charge in [0.15, 0.2) is 0 Å². The lowest BCUT2D eigenvalue weighted by Gasteiger charge is -2.24. The van der Waals surface area contributed by atoms with E-state index >= 15 is 0 Å². The zero-order chi connectivity index (χ0) is 38.6. The van der Waals surface area contributed by atoms with Gasteiger partial charge in [0, 0.05) is 31.3 Å². The number of hydrogen-bond donors (Lipinski definition) is 0. The summed E-state index contributed by atoms with van der Waals surface area (Å²) in [4.78, 5) is 30.1. The number of amides is 1. The minimum absolute atomic E-state index is 0.0133. The normalized spacial score (nSPS) is 24.2. The summed E-state index contributed by atoms with van der Waals surface area (Å²) in [7, 11) is 4.17. The summed E-state index contributed by atoms with van der Waals surface area (Å²) in [5, 5.41) is 0.243. The number of carbonyl (C=O) groups is 2. The number of hydrogen-bond acceptors (Lipinski definition) is 5. The zero-order valence-corrected chi connectivity index (χ0v) is 36.7. The molecule has 0 aliphatic carbocycles. The predicted molar refractivity (Wildman–Crippen MR) is 234 cm³/mol. The van der Waals surface area contributed by atoms with E-state index in [0.29, 0.717) is 25.0 Å². The molecule has 1 heterocycles. The Kier molecular flexibility index (Phi) is 34.1. The lowest BCUT2D eigenvalue weighted by atomic mass is 9.91. The van der Waals surface area contributed by atoms with Gasteiger partial charge >= 0.3 is 5.97 Å². The molecule has 310 valence electrons. The van der Waals surface area contributed by atoms with Gasteiger partial charge in [0.25, 0.3) is 5.24 Å². The van der Waals surface area contributed by atoms with E-state index in [1.807, 2.05) is 0 Å². The molecular weight excluding hydrogens is 673 g/mol. The van der Waals surface area contributed by atoms with Gasteiger partial charge in [0.2, 0.25) is 0 Å². The molecule has 0 aromatic rings. The highest BCUT2D eigenvalue weighted by Gasteiger charge is 2.16. The first-order valence-corrected chi connectivity index (χ1v) is 23.9. The van der Waals surface area contributed by atoms with E-state index in [0.717, 1.165) is 76.1 Å². The van der Waals surface area contributed by atoms with E-state index in [1.54, 1.807) is 0 Å². The highest BCUT2D eigenvalue weighted by Crippen LogP contribution is 2.24. The van der Waals surface area contributed by atoms with E-state index in [-0.39, 0.29) is 11.2 Å². The maximum atomic E-state index is 13.2. The largest absolute Gasteiger partial charge is 0.466 e. The van der Waals surface area contributed by atoms with Gasteiger partial charge < -0.3 is 14.5 Å². The van der Waals surface area contributed by atoms with E-state index in [2.05, 4.69) is 69.0 Å². The summed E-state index contributed by atoms with van der Waals surface area (Å²) in [5.41, 5.74) is 0. The van der Waals surface area contributed by atoms with E-state index < -0.39 is 0 Å². The molecule has 53 heavy (non-hydrogen) atoms. The molecule has 0 spiro atoms. The highest BCUT2D eigenvalue weighted by molar-refractivity contribution is 8.13. The average Bonchev–Trinajstić information content (AvgIpc) is 3.14. The second-order valence-corrected chi connectivity index (χ2v) is 17.7. The van der Waals surface area contributed by atoms with E-state index in [9.17, 15) is 9.59 Å². The maximum absolute atomic E-state index is 13.2. The van der Waals surface area contributed by atoms with Crippen molar-refractivity contribution in [2.45, 2.75) is 213 Å². The van der Waals surface area contributed by atoms with E-state index in [4.69, 9.17) is 4.74 Å². The quantitative estimate of drug-likeness (QED) is 0.140. The zero-order valence-electron chi connectivity index (χ0n) is 35.9. The van der Waals surface area contributed by atoms with Gasteiger partial charge in [0.05, 0.1) is 6.61 Å². The molecule has 1 amide bonds. The van der Waals surface area contributed by atoms with Gasteiger partial charge in [-0.3, -0.25) is 9.59 Å². The standard InChI is InChI=1S/C47H88N2O3S/c1-6-7-8-28-35-45-36-29-25-27-34-43(2)33-26-21-18-16-14-12-10-9-11-13-15-17-19-23-31-39-49(47(51)53-42-44(3)48(4)5)40-32-24-20-22-30-37-46(50)52-41-38-45/h9,11-12,14,43-45H,6-8,10,13,15-42H2,1-5H3/b11-9-,14-12-. The molecule has 0 radical (unpaired) electrons. The van der Waals surface area contributed by atoms with Crippen molar-refractivity contribution in [3.05, 3.63) is 24.3 Å². The fourth-order valence-corrected chi connectivity index (χ4v) is 8.36. The molecule has 1 rings (SSSR count). The Morgan fingerprint density at radius 2 is 1.32 bits per heavy atom. The summed E-state index contributed by atoms with van der Waals surface area (Å²) in [6, 6.07) is 0.382. The summed E-state index contributed by atoms with van der Waals surface area (Å²) in [5.74, 6) is 2.37. The average molecular weight is 761 g/mol. The van der Waals surface area contributed by atoms with Gasteiger partial charge in [-0.05, 0) is 90.6 Å². The maximum Gasteiger partial charge on any atom is 0.305 e. The first-order valence-electron chi connectivity index (χ1n) is 22.9. The van der Waals surface area contributed by atoms with Crippen molar-refractivity contribution in [1.29, 1.82) is 0 Å². The molecular formula is C47H88N2O3S. The van der Waals surface area contributed by atoms with Crippen LogP contribution in [0.5, 0.6) is 0 Å². The number of ether oxygens (including phenoxy) is 1. The Morgan fingerprint density at radius 3 is 1.96 bits per heavy atom. The van der Waals surface area contributed by atoms with Crippen LogP contribution in [0.15, 0.2) is 24.3 Å². The summed E-state index contributed by atoms with van der Waals surface area (Å²) >= 11 is 1.49. The summed E-state index contributed by atoms with van der Waals surface area (Å²) in [6.07, 6.45) is 44.5. The number of esters is 1. The van der Waals surface area contributed by atoms with Gasteiger partial charge in [0.1, 0.15) is 0 Å². The van der Waals surface area contributed by atoms with Gasteiger partial charge in [-0.1, -0.05) is 172 Å². The minimum atomic E-state index is -0.0133. The third-order valence-electron chi connectivity index (χ3n) is 11.4. The fraction of sp³-hybridized carbons (Fsp3) is 0.872. The highest BCUT2D eigenvalue weighted by atomic mass is 32.2. The van der Waals surface area contributed by atoms with Crippen molar-refractivity contribution in [2.75, 3.05) is 39.5 Å². The molecule has 0 saturated carbocycles. The number of carbonyl (C=O) groups excluding carboxylic acids is 2. The Balaban J connectivity index is 2.60. The van der Waals surface area contributed by atoms with Crippen LogP contribution in [0.2, 0.25) is 0 Å². The monoisotopic (exact) mass is 761 g/mol. The number of nitrogens with zero attached hydrogens (tertiary/aromatic N) is 2. The number of unbranched alkanes of at least 4 members (excludes halogenated alkanes) is 3. The lowest BCUT2D eigenvalue weighted by molar-refractivity contribution is -0.144. The van der Waals surface area contributed by atoms with Crippen molar-refractivity contribution < 1.29 is 14.3 Å². The molecule has 3 atom stereocenters. The molecule has 0 fully saturated rings. The smallest absolute Gasteiger partial charge is 0.305 e. The summed E-state index contributed by atoms with van der Waals surface area (Å²) < 4.78 is 5.75. The Morgan fingerprint density at radius 1 is 0.755 bits per heavy atom. The molecule has 5 nitrogen and oxygen atoms in total. The van der Waals surface area contributed by atoms with Crippen LogP contribution in [-0.4, -0.2) is 66.6 Å². The SMILES string of the molecule is CCCCCCC1CCCCCC(C)CCCCC/C=C\C/C=C\CCCCCCCN(C(=O)SCC(C)N(C)C)CCCCCCCC(=O)OCC1. The minimum Gasteiger partial charge on any atom is -0.466 e. The van der Waals surface area contributed by atoms with Crippen LogP contribution >= 0.6 is 11.8 Å². The molecule has 0 saturated heterocycles. The van der Waals surface area contributed by atoms with Crippen molar-refractivity contribution in [1.82, 2.24) is 9.80 Å². The first kappa shape index (κ1) is 49.7.